The van der Waals surface area contributed by atoms with Crippen molar-refractivity contribution >= 4 is 5.65 Å². The number of pyridine rings is 1. The summed E-state index contributed by atoms with van der Waals surface area (Å²) in [6.07, 6.45) is 1.49. The molecule has 10 heteroatoms. The maximum Gasteiger partial charge on any atom is 0.258 e. The number of morpholine rings is 1. The van der Waals surface area contributed by atoms with Crippen LogP contribution in [0.3, 0.4) is 0 Å². The topological polar surface area (TPSA) is 99.7 Å². The second-order valence-corrected chi connectivity index (χ2v) is 6.36. The third kappa shape index (κ3) is 3.87. The number of rotatable bonds is 6. The van der Waals surface area contributed by atoms with Crippen molar-refractivity contribution in [2.24, 2.45) is 0 Å². The van der Waals surface area contributed by atoms with Crippen molar-refractivity contribution in [3.8, 4) is 0 Å². The highest BCUT2D eigenvalue weighted by Crippen LogP contribution is 2.21. The van der Waals surface area contributed by atoms with Gasteiger partial charge in [0.1, 0.15) is 11.8 Å². The summed E-state index contributed by atoms with van der Waals surface area (Å²) >= 11 is 0. The summed E-state index contributed by atoms with van der Waals surface area (Å²) in [6, 6.07) is 7.10. The van der Waals surface area contributed by atoms with Gasteiger partial charge in [-0.2, -0.15) is 0 Å². The molecule has 1 aliphatic rings. The smallest absolute Gasteiger partial charge is 0.258 e. The minimum Gasteiger partial charge on any atom is -0.383 e. The second-order valence-electron chi connectivity index (χ2n) is 6.36. The third-order valence-electron chi connectivity index (χ3n) is 4.52. The number of methoxy groups -OCH3 is 1. The van der Waals surface area contributed by atoms with Crippen LogP contribution in [0.4, 0.5) is 0 Å². The number of ether oxygens (including phenoxy) is 2. The monoisotopic (exact) mass is 371 g/mol. The molecule has 27 heavy (non-hydrogen) atoms. The van der Waals surface area contributed by atoms with Crippen LogP contribution in [0.25, 0.3) is 5.65 Å². The van der Waals surface area contributed by atoms with Gasteiger partial charge in [0.05, 0.1) is 25.5 Å². The molecule has 1 atom stereocenters. The summed E-state index contributed by atoms with van der Waals surface area (Å²) in [4.78, 5) is 19.1. The molecule has 0 spiro atoms. The normalized spacial score (nSPS) is 18.2. The fraction of sp³-hybridized carbons (Fsp3) is 0.471. The van der Waals surface area contributed by atoms with E-state index in [1.165, 1.54) is 4.40 Å². The Morgan fingerprint density at radius 2 is 2.30 bits per heavy atom. The van der Waals surface area contributed by atoms with E-state index in [0.29, 0.717) is 44.3 Å². The van der Waals surface area contributed by atoms with Crippen LogP contribution in [0.2, 0.25) is 0 Å². The quantitative estimate of drug-likeness (QED) is 0.592. The first-order chi connectivity index (χ1) is 13.2. The van der Waals surface area contributed by atoms with E-state index in [1.807, 2.05) is 18.2 Å². The standard InChI is InChI=1S/C17H21N7O3/c1-26-8-7-24-17(19-20-21-24)14-12-22(6-9-27-14)11-13-10-16(25)23-5-3-2-4-15(23)18-13/h2-5,10,14H,6-9,11-12H2,1H3/t14-/m0/s1. The summed E-state index contributed by atoms with van der Waals surface area (Å²) in [5, 5.41) is 11.9. The molecule has 0 N–H and O–H groups in total. The number of hydrogen-bond donors (Lipinski definition) is 0. The average Bonchev–Trinajstić information content (AvgIpc) is 3.15. The van der Waals surface area contributed by atoms with Crippen LogP contribution >= 0.6 is 0 Å². The number of nitrogens with zero attached hydrogens (tertiary/aromatic N) is 7. The SMILES string of the molecule is COCCn1nnnc1[C@@H]1CN(Cc2cc(=O)n3ccccc3n2)CCO1. The fourth-order valence-electron chi connectivity index (χ4n) is 3.19. The van der Waals surface area contributed by atoms with E-state index in [2.05, 4.69) is 25.4 Å². The lowest BCUT2D eigenvalue weighted by atomic mass is 10.2. The number of tetrazole rings is 1. The maximum absolute atomic E-state index is 12.3. The number of hydrogen-bond acceptors (Lipinski definition) is 8. The Bertz CT molecular complexity index is 970. The summed E-state index contributed by atoms with van der Waals surface area (Å²) < 4.78 is 14.2. The van der Waals surface area contributed by atoms with Crippen molar-refractivity contribution in [3.63, 3.8) is 0 Å². The predicted octanol–water partition coefficient (Wildman–Crippen LogP) is -0.0991. The molecule has 1 aliphatic heterocycles. The van der Waals surface area contributed by atoms with Crippen LogP contribution in [-0.2, 0) is 22.6 Å². The van der Waals surface area contributed by atoms with Gasteiger partial charge < -0.3 is 9.47 Å². The summed E-state index contributed by atoms with van der Waals surface area (Å²) in [5.41, 5.74) is 1.31. The third-order valence-corrected chi connectivity index (χ3v) is 4.52. The Balaban J connectivity index is 1.49. The van der Waals surface area contributed by atoms with Crippen LogP contribution in [0, 0.1) is 0 Å². The van der Waals surface area contributed by atoms with Crippen molar-refractivity contribution in [2.45, 2.75) is 19.2 Å². The van der Waals surface area contributed by atoms with Gasteiger partial charge in [0.15, 0.2) is 5.82 Å². The zero-order valence-corrected chi connectivity index (χ0v) is 15.1. The first kappa shape index (κ1) is 17.7. The molecule has 4 rings (SSSR count). The Labute approximate surface area is 155 Å². The molecule has 1 saturated heterocycles. The first-order valence-electron chi connectivity index (χ1n) is 8.81. The van der Waals surface area contributed by atoms with Crippen LogP contribution < -0.4 is 5.56 Å². The highest BCUT2D eigenvalue weighted by atomic mass is 16.5. The van der Waals surface area contributed by atoms with Gasteiger partial charge in [-0.25, -0.2) is 9.67 Å². The Kier molecular flexibility index (Phi) is 5.19. The number of aromatic nitrogens is 6. The lowest BCUT2D eigenvalue weighted by Gasteiger charge is -2.31. The molecule has 0 aliphatic carbocycles. The Morgan fingerprint density at radius 1 is 1.37 bits per heavy atom. The molecule has 0 aromatic carbocycles. The van der Waals surface area contributed by atoms with E-state index < -0.39 is 0 Å². The van der Waals surface area contributed by atoms with Gasteiger partial charge in [-0.1, -0.05) is 6.07 Å². The Hall–Kier alpha value is -2.69. The second kappa shape index (κ2) is 7.91. The van der Waals surface area contributed by atoms with Crippen LogP contribution in [0.1, 0.15) is 17.6 Å². The van der Waals surface area contributed by atoms with Gasteiger partial charge in [0.25, 0.3) is 5.56 Å². The molecule has 1 fully saturated rings. The Morgan fingerprint density at radius 3 is 3.19 bits per heavy atom. The van der Waals surface area contributed by atoms with E-state index >= 15 is 0 Å². The van der Waals surface area contributed by atoms with Gasteiger partial charge in [-0.05, 0) is 22.6 Å². The molecule has 4 heterocycles. The zero-order valence-electron chi connectivity index (χ0n) is 15.1. The van der Waals surface area contributed by atoms with E-state index in [-0.39, 0.29) is 11.7 Å². The summed E-state index contributed by atoms with van der Waals surface area (Å²) in [6.45, 7) is 3.62. The zero-order chi connectivity index (χ0) is 18.6. The lowest BCUT2D eigenvalue weighted by molar-refractivity contribution is -0.0400. The molecule has 0 amide bonds. The minimum absolute atomic E-state index is 0.0797. The first-order valence-corrected chi connectivity index (χ1v) is 8.81. The highest BCUT2D eigenvalue weighted by Gasteiger charge is 2.27. The van der Waals surface area contributed by atoms with Gasteiger partial charge in [0, 0.05) is 39.0 Å². The molecule has 0 saturated carbocycles. The van der Waals surface area contributed by atoms with Crippen molar-refractivity contribution in [1.82, 2.24) is 34.5 Å². The molecule has 0 radical (unpaired) electrons. The molecule has 10 nitrogen and oxygen atoms in total. The van der Waals surface area contributed by atoms with Crippen molar-refractivity contribution in [2.75, 3.05) is 33.4 Å². The van der Waals surface area contributed by atoms with Gasteiger partial charge in [0.2, 0.25) is 0 Å². The largest absolute Gasteiger partial charge is 0.383 e. The van der Waals surface area contributed by atoms with E-state index in [9.17, 15) is 4.79 Å². The van der Waals surface area contributed by atoms with E-state index in [4.69, 9.17) is 9.47 Å². The molecule has 3 aromatic rings. The van der Waals surface area contributed by atoms with Crippen molar-refractivity contribution in [1.29, 1.82) is 0 Å². The molecule has 0 bridgehead atoms. The molecular weight excluding hydrogens is 350 g/mol. The molecule has 0 unspecified atom stereocenters. The number of fused-ring (bicyclic) bond motifs is 1. The van der Waals surface area contributed by atoms with Crippen molar-refractivity contribution < 1.29 is 9.47 Å². The van der Waals surface area contributed by atoms with Crippen molar-refractivity contribution in [3.05, 3.63) is 52.3 Å². The van der Waals surface area contributed by atoms with Crippen LogP contribution in [0.5, 0.6) is 0 Å². The predicted molar refractivity (Wildman–Crippen MR) is 95.1 cm³/mol. The maximum atomic E-state index is 12.3. The van der Waals surface area contributed by atoms with E-state index in [1.54, 1.807) is 24.1 Å². The highest BCUT2D eigenvalue weighted by molar-refractivity contribution is 5.37. The molecular formula is C17H21N7O3. The fourth-order valence-corrected chi connectivity index (χ4v) is 3.19. The van der Waals surface area contributed by atoms with E-state index in [0.717, 1.165) is 12.2 Å². The molecule has 3 aromatic heterocycles. The summed E-state index contributed by atoms with van der Waals surface area (Å²) in [7, 11) is 1.64. The van der Waals surface area contributed by atoms with Crippen LogP contribution in [-0.4, -0.2) is 67.9 Å². The van der Waals surface area contributed by atoms with Gasteiger partial charge in [-0.15, -0.1) is 5.10 Å². The average molecular weight is 371 g/mol. The van der Waals surface area contributed by atoms with Crippen LogP contribution in [0.15, 0.2) is 35.3 Å². The minimum atomic E-state index is -0.229. The van der Waals surface area contributed by atoms with Gasteiger partial charge >= 0.3 is 0 Å². The summed E-state index contributed by atoms with van der Waals surface area (Å²) in [5.74, 6) is 0.684. The molecule has 142 valence electrons. The lowest BCUT2D eigenvalue weighted by Crippen LogP contribution is -2.39. The van der Waals surface area contributed by atoms with Gasteiger partial charge in [-0.3, -0.25) is 14.1 Å².